The fourth-order valence-electron chi connectivity index (χ4n) is 2.49. The summed E-state index contributed by atoms with van der Waals surface area (Å²) >= 11 is 6.02. The van der Waals surface area contributed by atoms with Crippen molar-refractivity contribution in [1.29, 1.82) is 0 Å². The third-order valence-electron chi connectivity index (χ3n) is 3.67. The van der Waals surface area contributed by atoms with Crippen molar-refractivity contribution in [3.05, 3.63) is 28.8 Å². The van der Waals surface area contributed by atoms with Crippen LogP contribution in [-0.4, -0.2) is 12.1 Å². The smallest absolute Gasteiger partial charge is 0.120 e. The Hall–Kier alpha value is -0.730. The Morgan fingerprint density at radius 2 is 1.89 bits per heavy atom. The highest BCUT2D eigenvalue weighted by atomic mass is 35.5. The average molecular weight is 268 g/mol. The molecule has 0 aromatic heterocycles. The normalized spacial score (nSPS) is 25.3. The minimum Gasteiger partial charge on any atom is -0.489 e. The Bertz CT molecular complexity index is 394. The molecule has 0 aliphatic heterocycles. The van der Waals surface area contributed by atoms with E-state index >= 15 is 0 Å². The van der Waals surface area contributed by atoms with Crippen molar-refractivity contribution in [2.75, 3.05) is 0 Å². The summed E-state index contributed by atoms with van der Waals surface area (Å²) in [5.74, 6) is 0.887. The molecule has 2 rings (SSSR count). The molecule has 1 aliphatic rings. The van der Waals surface area contributed by atoms with Crippen LogP contribution in [0.4, 0.5) is 0 Å². The molecule has 0 bridgehead atoms. The summed E-state index contributed by atoms with van der Waals surface area (Å²) in [6, 6.07) is 5.97. The Morgan fingerprint density at radius 3 is 2.61 bits per heavy atom. The van der Waals surface area contributed by atoms with Crippen LogP contribution in [0, 0.1) is 6.92 Å². The lowest BCUT2D eigenvalue weighted by molar-refractivity contribution is 0.145. The van der Waals surface area contributed by atoms with Gasteiger partial charge in [0.25, 0.3) is 0 Å². The van der Waals surface area contributed by atoms with E-state index in [-0.39, 0.29) is 12.1 Å². The quantitative estimate of drug-likeness (QED) is 0.876. The van der Waals surface area contributed by atoms with Crippen molar-refractivity contribution in [3.63, 3.8) is 0 Å². The van der Waals surface area contributed by atoms with Gasteiger partial charge < -0.3 is 10.5 Å². The fourth-order valence-corrected chi connectivity index (χ4v) is 2.61. The van der Waals surface area contributed by atoms with Crippen molar-refractivity contribution in [2.24, 2.45) is 5.73 Å². The van der Waals surface area contributed by atoms with E-state index in [4.69, 9.17) is 22.1 Å². The second-order valence-electron chi connectivity index (χ2n) is 5.22. The molecular formula is C15H22ClNO. The van der Waals surface area contributed by atoms with Gasteiger partial charge in [-0.3, -0.25) is 0 Å². The van der Waals surface area contributed by atoms with Crippen LogP contribution in [-0.2, 0) is 0 Å². The first-order valence-corrected chi connectivity index (χ1v) is 7.23. The molecule has 1 aliphatic carbocycles. The maximum Gasteiger partial charge on any atom is 0.120 e. The molecule has 18 heavy (non-hydrogen) atoms. The van der Waals surface area contributed by atoms with Gasteiger partial charge in [0.2, 0.25) is 0 Å². The SMILES string of the molecule is Cc1cc(OC2CCCCCCC2N)ccc1Cl. The van der Waals surface area contributed by atoms with Crippen molar-refractivity contribution in [2.45, 2.75) is 57.6 Å². The predicted octanol–water partition coefficient (Wildman–Crippen LogP) is 4.08. The lowest BCUT2D eigenvalue weighted by atomic mass is 9.95. The van der Waals surface area contributed by atoms with Gasteiger partial charge in [-0.05, 0) is 49.9 Å². The molecule has 1 aromatic carbocycles. The predicted molar refractivity (Wildman–Crippen MR) is 76.3 cm³/mol. The van der Waals surface area contributed by atoms with Crippen molar-refractivity contribution in [1.82, 2.24) is 0 Å². The topological polar surface area (TPSA) is 35.2 Å². The standard InChI is InChI=1S/C15H22ClNO/c1-11-10-12(8-9-13(11)16)18-15-7-5-3-2-4-6-14(15)17/h8-10,14-15H,2-7,17H2,1H3. The second kappa shape index (κ2) is 6.44. The van der Waals surface area contributed by atoms with Crippen LogP contribution in [0.15, 0.2) is 18.2 Å². The molecule has 3 heteroatoms. The Kier molecular flexibility index (Phi) is 4.90. The number of ether oxygens (including phenoxy) is 1. The van der Waals surface area contributed by atoms with Gasteiger partial charge in [-0.1, -0.05) is 30.9 Å². The van der Waals surface area contributed by atoms with Gasteiger partial charge in [-0.15, -0.1) is 0 Å². The number of aryl methyl sites for hydroxylation is 1. The molecule has 0 spiro atoms. The molecule has 2 atom stereocenters. The summed E-state index contributed by atoms with van der Waals surface area (Å²) < 4.78 is 6.06. The van der Waals surface area contributed by atoms with Crippen LogP contribution in [0.3, 0.4) is 0 Å². The maximum atomic E-state index is 6.21. The Balaban J connectivity index is 2.03. The highest BCUT2D eigenvalue weighted by Gasteiger charge is 2.21. The van der Waals surface area contributed by atoms with Crippen molar-refractivity contribution < 1.29 is 4.74 Å². The minimum atomic E-state index is 0.144. The maximum absolute atomic E-state index is 6.21. The van der Waals surface area contributed by atoms with Gasteiger partial charge in [-0.2, -0.15) is 0 Å². The van der Waals surface area contributed by atoms with Gasteiger partial charge in [0.15, 0.2) is 0 Å². The summed E-state index contributed by atoms with van der Waals surface area (Å²) in [4.78, 5) is 0. The third kappa shape index (κ3) is 3.63. The highest BCUT2D eigenvalue weighted by molar-refractivity contribution is 6.31. The Labute approximate surface area is 114 Å². The van der Waals surface area contributed by atoms with Gasteiger partial charge >= 0.3 is 0 Å². The lowest BCUT2D eigenvalue weighted by Crippen LogP contribution is -2.39. The van der Waals surface area contributed by atoms with Gasteiger partial charge in [0.1, 0.15) is 11.9 Å². The summed E-state index contributed by atoms with van der Waals surface area (Å²) in [6.45, 7) is 1.99. The van der Waals surface area contributed by atoms with E-state index in [0.29, 0.717) is 0 Å². The van der Waals surface area contributed by atoms with E-state index < -0.39 is 0 Å². The minimum absolute atomic E-state index is 0.144. The van der Waals surface area contributed by atoms with Gasteiger partial charge in [0, 0.05) is 11.1 Å². The molecule has 1 aromatic rings. The third-order valence-corrected chi connectivity index (χ3v) is 4.09. The second-order valence-corrected chi connectivity index (χ2v) is 5.63. The summed E-state index contributed by atoms with van der Waals surface area (Å²) in [7, 11) is 0. The number of nitrogens with two attached hydrogens (primary N) is 1. The van der Waals surface area contributed by atoms with E-state index in [1.165, 1.54) is 25.7 Å². The van der Waals surface area contributed by atoms with Gasteiger partial charge in [-0.25, -0.2) is 0 Å². The molecular weight excluding hydrogens is 246 g/mol. The average Bonchev–Trinajstić information content (AvgIpc) is 2.33. The monoisotopic (exact) mass is 267 g/mol. The molecule has 0 radical (unpaired) electrons. The van der Waals surface area contributed by atoms with Crippen LogP contribution >= 0.6 is 11.6 Å². The molecule has 2 unspecified atom stereocenters. The summed E-state index contributed by atoms with van der Waals surface area (Å²) in [6.07, 6.45) is 7.31. The molecule has 100 valence electrons. The summed E-state index contributed by atoms with van der Waals surface area (Å²) in [5.41, 5.74) is 7.26. The molecule has 0 heterocycles. The van der Waals surface area contributed by atoms with Crippen LogP contribution in [0.5, 0.6) is 5.75 Å². The van der Waals surface area contributed by atoms with E-state index in [1.807, 2.05) is 25.1 Å². The molecule has 1 fully saturated rings. The number of hydrogen-bond acceptors (Lipinski definition) is 2. The number of benzene rings is 1. The largest absolute Gasteiger partial charge is 0.489 e. The van der Waals surface area contributed by atoms with Gasteiger partial charge in [0.05, 0.1) is 0 Å². The summed E-state index contributed by atoms with van der Waals surface area (Å²) in [5, 5.41) is 0.782. The van der Waals surface area contributed by atoms with Crippen molar-refractivity contribution in [3.8, 4) is 5.75 Å². The molecule has 0 saturated heterocycles. The number of halogens is 1. The highest BCUT2D eigenvalue weighted by Crippen LogP contribution is 2.25. The van der Waals surface area contributed by atoms with Crippen molar-refractivity contribution >= 4 is 11.6 Å². The zero-order valence-electron chi connectivity index (χ0n) is 11.0. The fraction of sp³-hybridized carbons (Fsp3) is 0.600. The zero-order valence-corrected chi connectivity index (χ0v) is 11.7. The van der Waals surface area contributed by atoms with E-state index in [1.54, 1.807) is 0 Å². The number of hydrogen-bond donors (Lipinski definition) is 1. The van der Waals surface area contributed by atoms with Crippen LogP contribution < -0.4 is 10.5 Å². The molecule has 0 amide bonds. The number of rotatable bonds is 2. The first-order valence-electron chi connectivity index (χ1n) is 6.85. The zero-order chi connectivity index (χ0) is 13.0. The van der Waals surface area contributed by atoms with E-state index in [2.05, 4.69) is 0 Å². The first kappa shape index (κ1) is 13.7. The first-order chi connectivity index (χ1) is 8.66. The van der Waals surface area contributed by atoms with Crippen LogP contribution in [0.25, 0.3) is 0 Å². The van der Waals surface area contributed by atoms with Crippen LogP contribution in [0.1, 0.15) is 44.1 Å². The molecule has 2 N–H and O–H groups in total. The van der Waals surface area contributed by atoms with Crippen LogP contribution in [0.2, 0.25) is 5.02 Å². The lowest BCUT2D eigenvalue weighted by Gasteiger charge is -2.27. The Morgan fingerprint density at radius 1 is 1.17 bits per heavy atom. The van der Waals surface area contributed by atoms with E-state index in [0.717, 1.165) is 29.2 Å². The molecule has 1 saturated carbocycles. The molecule has 2 nitrogen and oxygen atoms in total. The van der Waals surface area contributed by atoms with E-state index in [9.17, 15) is 0 Å².